The fraction of sp³-hybridized carbons (Fsp3) is 0.750. The first-order valence-electron chi connectivity index (χ1n) is 5.66. The number of carbonyl (C=O) groups excluding carboxylic acids is 1. The molecule has 2 heteroatoms. The molecule has 0 saturated heterocycles. The zero-order valence-corrected chi connectivity index (χ0v) is 8.84. The van der Waals surface area contributed by atoms with Crippen LogP contribution in [-0.2, 0) is 9.53 Å². The Kier molecular flexibility index (Phi) is 5.35. The van der Waals surface area contributed by atoms with Crippen LogP contribution in [0, 0.1) is 5.92 Å². The Morgan fingerprint density at radius 1 is 1.07 bits per heavy atom. The van der Waals surface area contributed by atoms with Gasteiger partial charge in [-0.15, -0.1) is 0 Å². The molecule has 1 saturated carbocycles. The van der Waals surface area contributed by atoms with Crippen molar-refractivity contribution in [2.45, 2.75) is 51.4 Å². The number of hydrogen-bond donors (Lipinski definition) is 0. The maximum absolute atomic E-state index is 11.5. The summed E-state index contributed by atoms with van der Waals surface area (Å²) >= 11 is 0. The van der Waals surface area contributed by atoms with E-state index in [1.165, 1.54) is 31.9 Å². The van der Waals surface area contributed by atoms with Crippen molar-refractivity contribution in [3.05, 3.63) is 12.8 Å². The molecule has 0 aromatic carbocycles. The van der Waals surface area contributed by atoms with Gasteiger partial charge in [0.15, 0.2) is 0 Å². The van der Waals surface area contributed by atoms with E-state index < -0.39 is 0 Å². The minimum absolute atomic E-state index is 0.0816. The van der Waals surface area contributed by atoms with Crippen LogP contribution >= 0.6 is 0 Å². The molecule has 1 aliphatic carbocycles. The van der Waals surface area contributed by atoms with Crippen molar-refractivity contribution < 1.29 is 9.53 Å². The van der Waals surface area contributed by atoms with Gasteiger partial charge in [-0.3, -0.25) is 4.79 Å². The molecule has 0 aliphatic heterocycles. The molecule has 0 bridgehead atoms. The Balaban J connectivity index is 2.38. The molecule has 0 heterocycles. The number of hydrogen-bond acceptors (Lipinski definition) is 2. The Morgan fingerprint density at radius 3 is 2.07 bits per heavy atom. The average molecular weight is 196 g/mol. The van der Waals surface area contributed by atoms with Gasteiger partial charge in [0.25, 0.3) is 0 Å². The van der Waals surface area contributed by atoms with Gasteiger partial charge in [0, 0.05) is 0 Å². The van der Waals surface area contributed by atoms with Gasteiger partial charge in [-0.25, -0.2) is 0 Å². The Labute approximate surface area is 86.3 Å². The second kappa shape index (κ2) is 6.63. The highest BCUT2D eigenvalue weighted by atomic mass is 16.5. The van der Waals surface area contributed by atoms with E-state index in [4.69, 9.17) is 4.74 Å². The van der Waals surface area contributed by atoms with Crippen molar-refractivity contribution in [2.75, 3.05) is 0 Å². The predicted molar refractivity (Wildman–Crippen MR) is 56.7 cm³/mol. The van der Waals surface area contributed by atoms with Crippen LogP contribution in [0.3, 0.4) is 0 Å². The second-order valence-corrected chi connectivity index (χ2v) is 4.00. The number of carbonyl (C=O) groups is 1. The molecule has 0 spiro atoms. The molecule has 0 atom stereocenters. The standard InChI is InChI=1S/C12H20O2/c1-2-14-12(13)11-9-7-5-3-4-6-8-10-11/h2,11H,1,3-10H2. The molecule has 0 amide bonds. The van der Waals surface area contributed by atoms with Crippen LogP contribution in [-0.4, -0.2) is 5.97 Å². The topological polar surface area (TPSA) is 26.3 Å². The minimum atomic E-state index is -0.0816. The van der Waals surface area contributed by atoms with Gasteiger partial charge in [0.1, 0.15) is 0 Å². The van der Waals surface area contributed by atoms with Crippen LogP contribution in [0.5, 0.6) is 0 Å². The van der Waals surface area contributed by atoms with Crippen molar-refractivity contribution in [1.29, 1.82) is 0 Å². The SMILES string of the molecule is C=COC(=O)C1CCCCCCCC1. The fourth-order valence-corrected chi connectivity index (χ4v) is 2.05. The van der Waals surface area contributed by atoms with Crippen LogP contribution in [0.15, 0.2) is 12.8 Å². The molecule has 1 aliphatic rings. The van der Waals surface area contributed by atoms with E-state index in [0.717, 1.165) is 25.7 Å². The highest BCUT2D eigenvalue weighted by Gasteiger charge is 2.19. The summed E-state index contributed by atoms with van der Waals surface area (Å²) in [6.07, 6.45) is 10.7. The van der Waals surface area contributed by atoms with E-state index in [-0.39, 0.29) is 11.9 Å². The molecule has 1 fully saturated rings. The second-order valence-electron chi connectivity index (χ2n) is 4.00. The molecule has 0 N–H and O–H groups in total. The highest BCUT2D eigenvalue weighted by Crippen LogP contribution is 2.22. The number of ether oxygens (including phenoxy) is 1. The lowest BCUT2D eigenvalue weighted by molar-refractivity contribution is -0.143. The molecule has 80 valence electrons. The molecule has 0 unspecified atom stereocenters. The monoisotopic (exact) mass is 196 g/mol. The van der Waals surface area contributed by atoms with E-state index in [9.17, 15) is 4.79 Å². The summed E-state index contributed by atoms with van der Waals surface area (Å²) in [6.45, 7) is 3.41. The lowest BCUT2D eigenvalue weighted by Crippen LogP contribution is -2.15. The van der Waals surface area contributed by atoms with Crippen LogP contribution in [0.25, 0.3) is 0 Å². The van der Waals surface area contributed by atoms with Gasteiger partial charge in [0.05, 0.1) is 12.2 Å². The van der Waals surface area contributed by atoms with E-state index in [1.807, 2.05) is 0 Å². The predicted octanol–water partition coefficient (Wildman–Crippen LogP) is 3.42. The molecule has 1 rings (SSSR count). The van der Waals surface area contributed by atoms with Crippen molar-refractivity contribution in [3.63, 3.8) is 0 Å². The van der Waals surface area contributed by atoms with Gasteiger partial charge >= 0.3 is 5.97 Å². The summed E-state index contributed by atoms with van der Waals surface area (Å²) in [4.78, 5) is 11.5. The molecule has 2 nitrogen and oxygen atoms in total. The first kappa shape index (κ1) is 11.3. The molecule has 0 aromatic rings. The number of esters is 1. The van der Waals surface area contributed by atoms with Gasteiger partial charge in [-0.1, -0.05) is 45.1 Å². The molecular weight excluding hydrogens is 176 g/mol. The summed E-state index contributed by atoms with van der Waals surface area (Å²) in [5, 5.41) is 0. The smallest absolute Gasteiger partial charge is 0.313 e. The Morgan fingerprint density at radius 2 is 1.57 bits per heavy atom. The summed E-state index contributed by atoms with van der Waals surface area (Å²) in [5.74, 6) is 0.0352. The Hall–Kier alpha value is -0.790. The van der Waals surface area contributed by atoms with Crippen LogP contribution in [0.2, 0.25) is 0 Å². The maximum Gasteiger partial charge on any atom is 0.313 e. The van der Waals surface area contributed by atoms with Crippen LogP contribution in [0.1, 0.15) is 51.4 Å². The van der Waals surface area contributed by atoms with E-state index >= 15 is 0 Å². The van der Waals surface area contributed by atoms with Crippen molar-refractivity contribution in [1.82, 2.24) is 0 Å². The molecular formula is C12H20O2. The van der Waals surface area contributed by atoms with Gasteiger partial charge < -0.3 is 4.74 Å². The normalized spacial score (nSPS) is 20.3. The zero-order chi connectivity index (χ0) is 10.2. The third-order valence-electron chi connectivity index (χ3n) is 2.89. The summed E-state index contributed by atoms with van der Waals surface area (Å²) in [6, 6.07) is 0. The lowest BCUT2D eigenvalue weighted by atomic mass is 9.97. The van der Waals surface area contributed by atoms with Crippen LogP contribution in [0.4, 0.5) is 0 Å². The zero-order valence-electron chi connectivity index (χ0n) is 8.84. The van der Waals surface area contributed by atoms with E-state index in [1.54, 1.807) is 0 Å². The van der Waals surface area contributed by atoms with E-state index in [0.29, 0.717) is 0 Å². The number of rotatable bonds is 2. The third kappa shape index (κ3) is 3.95. The van der Waals surface area contributed by atoms with Crippen molar-refractivity contribution in [2.24, 2.45) is 5.92 Å². The largest absolute Gasteiger partial charge is 0.435 e. The first-order valence-corrected chi connectivity index (χ1v) is 5.66. The Bertz CT molecular complexity index is 177. The maximum atomic E-state index is 11.5. The first-order chi connectivity index (χ1) is 6.84. The average Bonchev–Trinajstić information content (AvgIpc) is 2.30. The van der Waals surface area contributed by atoms with Crippen molar-refractivity contribution in [3.8, 4) is 0 Å². The summed E-state index contributed by atoms with van der Waals surface area (Å²) < 4.78 is 4.84. The van der Waals surface area contributed by atoms with Gasteiger partial charge in [-0.05, 0) is 12.8 Å². The highest BCUT2D eigenvalue weighted by molar-refractivity contribution is 5.72. The molecule has 14 heavy (non-hydrogen) atoms. The summed E-state index contributed by atoms with van der Waals surface area (Å²) in [5.41, 5.74) is 0. The lowest BCUT2D eigenvalue weighted by Gasteiger charge is -2.12. The van der Waals surface area contributed by atoms with Crippen molar-refractivity contribution >= 4 is 5.97 Å². The van der Waals surface area contributed by atoms with Gasteiger partial charge in [-0.2, -0.15) is 0 Å². The van der Waals surface area contributed by atoms with E-state index in [2.05, 4.69) is 6.58 Å². The van der Waals surface area contributed by atoms with Crippen LogP contribution < -0.4 is 0 Å². The quantitative estimate of drug-likeness (QED) is 0.499. The molecule has 0 radical (unpaired) electrons. The third-order valence-corrected chi connectivity index (χ3v) is 2.89. The van der Waals surface area contributed by atoms with Gasteiger partial charge in [0.2, 0.25) is 0 Å². The molecule has 0 aromatic heterocycles. The fourth-order valence-electron chi connectivity index (χ4n) is 2.05. The minimum Gasteiger partial charge on any atom is -0.435 e. The summed E-state index contributed by atoms with van der Waals surface area (Å²) in [7, 11) is 0.